The molecule has 7 rings (SSSR count). The summed E-state index contributed by atoms with van der Waals surface area (Å²) in [6.07, 6.45) is -15.0. The average Bonchev–Trinajstić information content (AvgIpc) is 3.55. The van der Waals surface area contributed by atoms with Gasteiger partial charge in [-0.05, 0) is 104 Å². The van der Waals surface area contributed by atoms with Crippen molar-refractivity contribution in [2.75, 3.05) is 26.4 Å². The van der Waals surface area contributed by atoms with Gasteiger partial charge in [-0.25, -0.2) is 0 Å². The maximum Gasteiger partial charge on any atom is 0.187 e. The zero-order chi connectivity index (χ0) is 46.6. The topological polar surface area (TPSA) is 318 Å². The van der Waals surface area contributed by atoms with Crippen LogP contribution in [0.1, 0.15) is 85.5 Å². The highest BCUT2D eigenvalue weighted by Gasteiger charge is 2.62. The number of ether oxygens (including phenoxy) is 6. The van der Waals surface area contributed by atoms with Crippen LogP contribution in [-0.4, -0.2) is 203 Å². The second kappa shape index (κ2) is 20.5. The number of aliphatic hydroxyl groups is 13. The Hall–Kier alpha value is -1.02. The molecule has 0 unspecified atom stereocenters. The molecule has 0 aromatic heterocycles. The minimum Gasteiger partial charge on any atom is -0.394 e. The van der Waals surface area contributed by atoms with E-state index in [1.165, 1.54) is 5.57 Å². The van der Waals surface area contributed by atoms with Crippen LogP contribution >= 0.6 is 0 Å². The van der Waals surface area contributed by atoms with Crippen molar-refractivity contribution in [2.45, 2.75) is 196 Å². The van der Waals surface area contributed by atoms with Crippen molar-refractivity contribution in [2.24, 2.45) is 46.3 Å². The standard InChI is InChI=1S/C45H76O19/c1-19(18-59-41-38(57)35(54)32(51)28(15-46)61-41)5-8-26(49)20(2)31-27(50)14-25-23-7-6-21-13-22(9-11-44(21,3)24(23)10-12-45(25,31)4)60-43-40(37(56)34(53)30(17-48)63-43)64-42-39(58)36(55)33(52)29(16-47)62-42/h6,19-20,22-43,46-58H,5,7-18H2,1-4H3/t19-,20-,22+,23-,24+,25+,26-,27+,28-,29+,30-,31+,32-,33+,34-,35+,36-,37+,38-,39-,40-,41-,42+,43-,44+,45+/m1/s1. The monoisotopic (exact) mass is 920 g/mol. The van der Waals surface area contributed by atoms with Gasteiger partial charge >= 0.3 is 0 Å². The van der Waals surface area contributed by atoms with E-state index in [1.54, 1.807) is 0 Å². The molecule has 19 nitrogen and oxygen atoms in total. The molecule has 0 aromatic rings. The first-order chi connectivity index (χ1) is 30.3. The number of fused-ring (bicyclic) bond motifs is 5. The summed E-state index contributed by atoms with van der Waals surface area (Å²) in [6, 6.07) is 0. The van der Waals surface area contributed by atoms with Gasteiger partial charge in [0.25, 0.3) is 0 Å². The van der Waals surface area contributed by atoms with Gasteiger partial charge in [-0.2, -0.15) is 0 Å². The van der Waals surface area contributed by atoms with E-state index in [0.717, 1.165) is 25.7 Å². The van der Waals surface area contributed by atoms with E-state index in [0.29, 0.717) is 43.9 Å². The maximum atomic E-state index is 11.8. The van der Waals surface area contributed by atoms with Crippen molar-refractivity contribution in [3.63, 3.8) is 0 Å². The summed E-state index contributed by atoms with van der Waals surface area (Å²) < 4.78 is 35.1. The van der Waals surface area contributed by atoms with Crippen molar-refractivity contribution in [3.8, 4) is 0 Å². The zero-order valence-electron chi connectivity index (χ0n) is 37.4. The third-order valence-corrected chi connectivity index (χ3v) is 17.0. The lowest BCUT2D eigenvalue weighted by Gasteiger charge is -2.58. The van der Waals surface area contributed by atoms with Crippen LogP contribution in [0, 0.1) is 46.3 Å². The summed E-state index contributed by atoms with van der Waals surface area (Å²) in [5.41, 5.74) is 0.914. The molecule has 3 saturated carbocycles. The first-order valence-electron chi connectivity index (χ1n) is 23.5. The fourth-order valence-electron chi connectivity index (χ4n) is 13.1. The van der Waals surface area contributed by atoms with Gasteiger partial charge in [0, 0.05) is 0 Å². The van der Waals surface area contributed by atoms with Crippen LogP contribution in [0.25, 0.3) is 0 Å². The number of hydrogen-bond acceptors (Lipinski definition) is 19. The van der Waals surface area contributed by atoms with Gasteiger partial charge in [0.15, 0.2) is 18.9 Å². The Labute approximate surface area is 374 Å². The fraction of sp³-hybridized carbons (Fsp3) is 0.956. The Morgan fingerprint density at radius 3 is 1.88 bits per heavy atom. The Morgan fingerprint density at radius 2 is 1.25 bits per heavy atom. The van der Waals surface area contributed by atoms with Crippen molar-refractivity contribution in [1.82, 2.24) is 0 Å². The van der Waals surface area contributed by atoms with Gasteiger partial charge in [0.05, 0.1) is 44.7 Å². The normalized spacial score (nSPS) is 51.0. The van der Waals surface area contributed by atoms with Crippen LogP contribution in [0.5, 0.6) is 0 Å². The molecule has 3 aliphatic heterocycles. The average molecular weight is 921 g/mol. The molecule has 0 amide bonds. The minimum absolute atomic E-state index is 0.0515. The Bertz CT molecular complexity index is 1550. The molecular weight excluding hydrogens is 844 g/mol. The SMILES string of the molecule is C[C@H](CC[C@@H](O)[C@@H](C)[C@H]1[C@@H](O)C[C@H]2[C@@H]3CC=C4C[C@@H](O[C@@H]5O[C@H](CO)[C@@H](O)[C@H](O)[C@H]5O[C@@H]5O[C@@H](CO)[C@H](O)[C@@H](O)[C@H]5O)CC[C@]4(C)[C@H]3CC[C@]12C)CO[C@@H]1O[C@H](CO)[C@@H](O)[C@H](O)[C@H]1O. The number of hydrogen-bond donors (Lipinski definition) is 13. The van der Waals surface area contributed by atoms with Crippen LogP contribution < -0.4 is 0 Å². The highest BCUT2D eigenvalue weighted by Crippen LogP contribution is 2.67. The van der Waals surface area contributed by atoms with E-state index in [1.807, 2.05) is 13.8 Å². The van der Waals surface area contributed by atoms with Crippen LogP contribution in [0.4, 0.5) is 0 Å². The Balaban J connectivity index is 0.964. The minimum atomic E-state index is -1.77. The molecule has 64 heavy (non-hydrogen) atoms. The molecule has 0 spiro atoms. The smallest absolute Gasteiger partial charge is 0.187 e. The third kappa shape index (κ3) is 9.50. The Morgan fingerprint density at radius 1 is 0.672 bits per heavy atom. The fourth-order valence-corrected chi connectivity index (χ4v) is 13.1. The van der Waals surface area contributed by atoms with Gasteiger partial charge in [0.1, 0.15) is 73.2 Å². The first kappa shape index (κ1) is 50.8. The second-order valence-electron chi connectivity index (χ2n) is 20.8. The lowest BCUT2D eigenvalue weighted by Crippen LogP contribution is -2.65. The summed E-state index contributed by atoms with van der Waals surface area (Å²) in [7, 11) is 0. The second-order valence-corrected chi connectivity index (χ2v) is 20.8. The van der Waals surface area contributed by atoms with E-state index in [9.17, 15) is 66.4 Å². The van der Waals surface area contributed by atoms with Gasteiger partial charge in [-0.3, -0.25) is 0 Å². The largest absolute Gasteiger partial charge is 0.394 e. The predicted octanol–water partition coefficient (Wildman–Crippen LogP) is -2.22. The number of aliphatic hydroxyl groups excluding tert-OH is 13. The van der Waals surface area contributed by atoms with E-state index < -0.39 is 130 Å². The van der Waals surface area contributed by atoms with Crippen LogP contribution in [0.2, 0.25) is 0 Å². The molecular formula is C45H76O19. The predicted molar refractivity (Wildman–Crippen MR) is 221 cm³/mol. The molecule has 19 heteroatoms. The highest BCUT2D eigenvalue weighted by atomic mass is 16.8. The lowest BCUT2D eigenvalue weighted by molar-refractivity contribution is -0.372. The van der Waals surface area contributed by atoms with Gasteiger partial charge < -0.3 is 94.8 Å². The molecule has 0 radical (unpaired) electrons. The van der Waals surface area contributed by atoms with Crippen LogP contribution in [0.3, 0.4) is 0 Å². The van der Waals surface area contributed by atoms with Gasteiger partial charge in [0.2, 0.25) is 0 Å². The van der Waals surface area contributed by atoms with Crippen molar-refractivity contribution >= 4 is 0 Å². The first-order valence-corrected chi connectivity index (χ1v) is 23.5. The molecule has 0 aromatic carbocycles. The van der Waals surface area contributed by atoms with Crippen LogP contribution in [-0.2, 0) is 28.4 Å². The summed E-state index contributed by atoms with van der Waals surface area (Å²) >= 11 is 0. The highest BCUT2D eigenvalue weighted by molar-refractivity contribution is 5.26. The van der Waals surface area contributed by atoms with Crippen molar-refractivity contribution < 1.29 is 94.8 Å². The summed E-state index contributed by atoms with van der Waals surface area (Å²) in [5.74, 6) is 0.582. The zero-order valence-corrected chi connectivity index (χ0v) is 37.4. The van der Waals surface area contributed by atoms with Gasteiger partial charge in [-0.15, -0.1) is 0 Å². The molecule has 4 aliphatic carbocycles. The van der Waals surface area contributed by atoms with Crippen molar-refractivity contribution in [1.29, 1.82) is 0 Å². The van der Waals surface area contributed by atoms with Gasteiger partial charge in [-0.1, -0.05) is 39.3 Å². The third-order valence-electron chi connectivity index (χ3n) is 17.0. The number of rotatable bonds is 15. The van der Waals surface area contributed by atoms with E-state index in [-0.39, 0.29) is 41.1 Å². The summed E-state index contributed by atoms with van der Waals surface area (Å²) in [4.78, 5) is 0. The summed E-state index contributed by atoms with van der Waals surface area (Å²) in [6.45, 7) is 6.89. The number of allylic oxidation sites excluding steroid dienone is 1. The van der Waals surface area contributed by atoms with E-state index in [2.05, 4.69) is 19.9 Å². The Kier molecular flexibility index (Phi) is 16.3. The maximum absolute atomic E-state index is 11.8. The van der Waals surface area contributed by atoms with E-state index >= 15 is 0 Å². The molecule has 7 aliphatic rings. The molecule has 0 bridgehead atoms. The molecule has 3 saturated heterocycles. The molecule has 13 N–H and O–H groups in total. The lowest BCUT2D eigenvalue weighted by atomic mass is 9.47. The van der Waals surface area contributed by atoms with Crippen molar-refractivity contribution in [3.05, 3.63) is 11.6 Å². The summed E-state index contributed by atoms with van der Waals surface area (Å²) in [5, 5.41) is 136. The van der Waals surface area contributed by atoms with E-state index in [4.69, 9.17) is 28.4 Å². The quantitative estimate of drug-likeness (QED) is 0.0774. The van der Waals surface area contributed by atoms with Crippen LogP contribution in [0.15, 0.2) is 11.6 Å². The molecule has 26 atom stereocenters. The molecule has 3 heterocycles. The molecule has 370 valence electrons. The molecule has 6 fully saturated rings.